The molecule has 1 aliphatic heterocycles. The fraction of sp³-hybridized carbons (Fsp3) is 0.348. The summed E-state index contributed by atoms with van der Waals surface area (Å²) in [7, 11) is -2.31. The van der Waals surface area contributed by atoms with E-state index in [0.717, 1.165) is 12.5 Å². The summed E-state index contributed by atoms with van der Waals surface area (Å²) in [6.07, 6.45) is 6.35. The molecule has 1 N–H and O–H groups in total. The van der Waals surface area contributed by atoms with Crippen LogP contribution < -0.4 is 5.32 Å². The number of carbonyl (C=O) groups excluding carboxylic acids is 1. The Labute approximate surface area is 219 Å². The van der Waals surface area contributed by atoms with Crippen LogP contribution >= 0.6 is 11.6 Å². The van der Waals surface area contributed by atoms with Crippen LogP contribution in [-0.4, -0.2) is 51.0 Å². The van der Waals surface area contributed by atoms with Crippen molar-refractivity contribution in [3.05, 3.63) is 64.7 Å². The third kappa shape index (κ3) is 4.02. The zero-order valence-electron chi connectivity index (χ0n) is 19.8. The van der Waals surface area contributed by atoms with Crippen LogP contribution in [0, 0.1) is 5.95 Å². The molecule has 4 aromatic heterocycles. The van der Waals surface area contributed by atoms with Gasteiger partial charge in [0.15, 0.2) is 11.5 Å². The molecule has 2 aliphatic rings. The third-order valence-electron chi connectivity index (χ3n) is 7.02. The summed E-state index contributed by atoms with van der Waals surface area (Å²) in [5.41, 5.74) is 0.833. The molecule has 1 aliphatic carbocycles. The number of anilines is 1. The quantitative estimate of drug-likeness (QED) is 0.383. The fourth-order valence-corrected chi connectivity index (χ4v) is 6.68. The Morgan fingerprint density at radius 2 is 2.05 bits per heavy atom. The molecule has 38 heavy (non-hydrogen) atoms. The summed E-state index contributed by atoms with van der Waals surface area (Å²) in [4.78, 5) is 21.9. The van der Waals surface area contributed by atoms with Crippen molar-refractivity contribution < 1.29 is 22.2 Å². The molecule has 2 atom stereocenters. The van der Waals surface area contributed by atoms with E-state index in [-0.39, 0.29) is 22.9 Å². The molecule has 0 spiro atoms. The standard InChI is InChI=1S/C23H20ClF3N8O2S/c1-23(12-8-30-34(11-12)22(26)27)7-14(15-10-28-18-6-17(25)32-35(18)19(15)23)21(36)31-13-5-16(24)20(29-9-13)33-38(37)3-2-4-38/h5-6,8-11,14,22H,2-4,7H2,1H3,(H,31,36)/t14-,23+/m0/s1. The van der Waals surface area contributed by atoms with Crippen LogP contribution in [-0.2, 0) is 19.9 Å². The van der Waals surface area contributed by atoms with Crippen molar-refractivity contribution in [1.82, 2.24) is 29.4 Å². The van der Waals surface area contributed by atoms with Crippen LogP contribution in [0.5, 0.6) is 0 Å². The summed E-state index contributed by atoms with van der Waals surface area (Å²) in [6, 6.07) is 2.62. The molecule has 4 aromatic rings. The fourth-order valence-electron chi connectivity index (χ4n) is 5.00. The van der Waals surface area contributed by atoms with E-state index in [4.69, 9.17) is 11.6 Å². The first kappa shape index (κ1) is 24.8. The van der Waals surface area contributed by atoms with Crippen LogP contribution in [0.1, 0.15) is 49.1 Å². The highest BCUT2D eigenvalue weighted by molar-refractivity contribution is 7.95. The highest BCUT2D eigenvalue weighted by Crippen LogP contribution is 2.50. The van der Waals surface area contributed by atoms with Crippen molar-refractivity contribution in [2.75, 3.05) is 16.8 Å². The van der Waals surface area contributed by atoms with Crippen molar-refractivity contribution in [2.45, 2.75) is 37.6 Å². The number of hydrogen-bond acceptors (Lipinski definition) is 7. The van der Waals surface area contributed by atoms with Gasteiger partial charge in [-0.25, -0.2) is 23.4 Å². The van der Waals surface area contributed by atoms with E-state index in [1.165, 1.54) is 35.4 Å². The number of carbonyl (C=O) groups is 1. The average Bonchev–Trinajstić information content (AvgIpc) is 3.55. The maximum absolute atomic E-state index is 14.1. The molecule has 6 rings (SSSR count). The minimum atomic E-state index is -2.85. The van der Waals surface area contributed by atoms with Crippen LogP contribution in [0.3, 0.4) is 0 Å². The first-order valence-electron chi connectivity index (χ1n) is 11.6. The number of nitrogens with zero attached hydrogens (tertiary/aromatic N) is 7. The summed E-state index contributed by atoms with van der Waals surface area (Å²) in [6.45, 7) is -1.08. The third-order valence-corrected chi connectivity index (χ3v) is 9.65. The lowest BCUT2D eigenvalue weighted by molar-refractivity contribution is -0.117. The van der Waals surface area contributed by atoms with Gasteiger partial charge in [-0.3, -0.25) is 4.79 Å². The Kier molecular flexibility index (Phi) is 5.72. The maximum Gasteiger partial charge on any atom is 0.333 e. The molecule has 10 nitrogen and oxygen atoms in total. The molecule has 0 aromatic carbocycles. The van der Waals surface area contributed by atoms with Crippen LogP contribution in [0.4, 0.5) is 24.7 Å². The monoisotopic (exact) mass is 564 g/mol. The van der Waals surface area contributed by atoms with Crippen molar-refractivity contribution in [3.8, 4) is 0 Å². The normalized spacial score (nSPS) is 21.9. The van der Waals surface area contributed by atoms with Gasteiger partial charge < -0.3 is 5.32 Å². The molecule has 5 heterocycles. The van der Waals surface area contributed by atoms with Crippen molar-refractivity contribution >= 4 is 44.4 Å². The molecular formula is C23H20ClF3N8O2S. The van der Waals surface area contributed by atoms with Gasteiger partial charge in [-0.1, -0.05) is 11.6 Å². The zero-order chi connectivity index (χ0) is 26.8. The molecule has 0 bridgehead atoms. The van der Waals surface area contributed by atoms with E-state index in [2.05, 4.69) is 29.8 Å². The minimum Gasteiger partial charge on any atom is -0.324 e. The summed E-state index contributed by atoms with van der Waals surface area (Å²) in [5, 5.41) is 10.6. The van der Waals surface area contributed by atoms with E-state index < -0.39 is 39.5 Å². The van der Waals surface area contributed by atoms with Gasteiger partial charge in [0.2, 0.25) is 11.9 Å². The average molecular weight is 565 g/mol. The van der Waals surface area contributed by atoms with Gasteiger partial charge in [0.25, 0.3) is 0 Å². The van der Waals surface area contributed by atoms with Crippen molar-refractivity contribution in [3.63, 3.8) is 0 Å². The molecule has 0 radical (unpaired) electrons. The number of pyridine rings is 1. The van der Waals surface area contributed by atoms with Gasteiger partial charge in [-0.2, -0.15) is 22.6 Å². The molecule has 1 saturated heterocycles. The molecular weight excluding hydrogens is 545 g/mol. The number of hydrogen-bond donors (Lipinski definition) is 1. The van der Waals surface area contributed by atoms with E-state index in [0.29, 0.717) is 38.7 Å². The first-order valence-corrected chi connectivity index (χ1v) is 13.9. The number of rotatable bonds is 5. The largest absolute Gasteiger partial charge is 0.333 e. The Morgan fingerprint density at radius 3 is 2.71 bits per heavy atom. The van der Waals surface area contributed by atoms with E-state index in [9.17, 15) is 22.2 Å². The predicted octanol–water partition coefficient (Wildman–Crippen LogP) is 4.44. The molecule has 1 fully saturated rings. The van der Waals surface area contributed by atoms with Gasteiger partial charge >= 0.3 is 6.55 Å². The van der Waals surface area contributed by atoms with Gasteiger partial charge in [0.1, 0.15) is 0 Å². The van der Waals surface area contributed by atoms with E-state index in [1.807, 2.05) is 0 Å². The Balaban J connectivity index is 1.36. The second-order valence-electron chi connectivity index (χ2n) is 9.52. The topological polar surface area (TPSA) is 119 Å². The predicted molar refractivity (Wildman–Crippen MR) is 133 cm³/mol. The Hall–Kier alpha value is -3.52. The minimum absolute atomic E-state index is 0.142. The Bertz CT molecular complexity index is 1720. The van der Waals surface area contributed by atoms with Crippen LogP contribution in [0.2, 0.25) is 5.02 Å². The SMILES string of the molecule is C[C@]1(c2cnn(C(F)F)c2)C[C@H](C(=O)Nc2cnc(N=S3(=O)CCC3)c(Cl)c2)c2cnc3cc(F)nn3c21. The van der Waals surface area contributed by atoms with Gasteiger partial charge in [-0.05, 0) is 25.8 Å². The highest BCUT2D eigenvalue weighted by Gasteiger charge is 2.48. The van der Waals surface area contributed by atoms with E-state index >= 15 is 0 Å². The number of alkyl halides is 2. The van der Waals surface area contributed by atoms with Crippen LogP contribution in [0.25, 0.3) is 5.65 Å². The number of amides is 1. The van der Waals surface area contributed by atoms with E-state index in [1.54, 1.807) is 6.92 Å². The second kappa shape index (κ2) is 8.76. The van der Waals surface area contributed by atoms with Crippen molar-refractivity contribution in [2.24, 2.45) is 4.36 Å². The smallest absolute Gasteiger partial charge is 0.324 e. The molecule has 0 saturated carbocycles. The summed E-state index contributed by atoms with van der Waals surface area (Å²) < 4.78 is 59.1. The van der Waals surface area contributed by atoms with Crippen LogP contribution in [0.15, 0.2) is 41.3 Å². The number of aromatic nitrogens is 6. The molecule has 1 amide bonds. The molecule has 0 unspecified atom stereocenters. The van der Waals surface area contributed by atoms with Gasteiger partial charge in [0.05, 0.1) is 44.4 Å². The maximum atomic E-state index is 14.1. The number of nitrogens with one attached hydrogen (secondary N) is 1. The lowest BCUT2D eigenvalue weighted by Crippen LogP contribution is -2.25. The lowest BCUT2D eigenvalue weighted by Gasteiger charge is -2.24. The molecule has 15 heteroatoms. The number of halogens is 4. The molecule has 198 valence electrons. The summed E-state index contributed by atoms with van der Waals surface area (Å²) in [5.74, 6) is -0.836. The number of fused-ring (bicyclic) bond motifs is 3. The summed E-state index contributed by atoms with van der Waals surface area (Å²) >= 11 is 6.30. The first-order chi connectivity index (χ1) is 18.1. The van der Waals surface area contributed by atoms with Gasteiger partial charge in [-0.15, -0.1) is 5.10 Å². The highest BCUT2D eigenvalue weighted by atomic mass is 35.5. The Morgan fingerprint density at radius 1 is 1.26 bits per heavy atom. The van der Waals surface area contributed by atoms with Gasteiger partial charge in [0, 0.05) is 46.5 Å². The lowest BCUT2D eigenvalue weighted by atomic mass is 9.80. The second-order valence-corrected chi connectivity index (χ2v) is 12.5. The zero-order valence-corrected chi connectivity index (χ0v) is 21.4. The van der Waals surface area contributed by atoms with Crippen molar-refractivity contribution in [1.29, 1.82) is 0 Å².